The number of hydrogen-bond donors (Lipinski definition) is 0. The van der Waals surface area contributed by atoms with Gasteiger partial charge in [-0.3, -0.25) is 0 Å². The summed E-state index contributed by atoms with van der Waals surface area (Å²) in [4.78, 5) is 0.177. The Hall–Kier alpha value is -3.52. The second-order valence-electron chi connectivity index (χ2n) is 7.69. The Morgan fingerprint density at radius 3 is 2.12 bits per heavy atom. The van der Waals surface area contributed by atoms with Gasteiger partial charge >= 0.3 is 0 Å². The lowest BCUT2D eigenvalue weighted by Gasteiger charge is -2.24. The molecule has 0 N–H and O–H groups in total. The quantitative estimate of drug-likeness (QED) is 0.510. The number of sulfonamides is 1. The van der Waals surface area contributed by atoms with Gasteiger partial charge in [0.15, 0.2) is 11.5 Å². The highest BCUT2D eigenvalue weighted by atomic mass is 32.2. The Labute approximate surface area is 194 Å². The van der Waals surface area contributed by atoms with Crippen LogP contribution in [-0.4, -0.2) is 39.9 Å². The Kier molecular flexibility index (Phi) is 6.29. The van der Waals surface area contributed by atoms with Crippen LogP contribution in [0.3, 0.4) is 0 Å². The second kappa shape index (κ2) is 9.15. The number of ether oxygens (including phenoxy) is 3. The predicted octanol–water partition coefficient (Wildman–Crippen LogP) is 4.56. The minimum Gasteiger partial charge on any atom is -0.493 e. The molecule has 0 aromatic heterocycles. The first kappa shape index (κ1) is 22.7. The highest BCUT2D eigenvalue weighted by Gasteiger charge is 2.38. The highest BCUT2D eigenvalue weighted by molar-refractivity contribution is 7.89. The average molecular weight is 467 g/mol. The van der Waals surface area contributed by atoms with Crippen molar-refractivity contribution in [1.82, 2.24) is 4.41 Å². The van der Waals surface area contributed by atoms with Crippen LogP contribution < -0.4 is 14.2 Å². The van der Waals surface area contributed by atoms with Crippen LogP contribution in [0.5, 0.6) is 17.2 Å². The van der Waals surface area contributed by atoms with Gasteiger partial charge in [0.2, 0.25) is 5.75 Å². The third kappa shape index (κ3) is 4.26. The van der Waals surface area contributed by atoms with E-state index >= 15 is 0 Å². The Morgan fingerprint density at radius 1 is 0.879 bits per heavy atom. The molecule has 1 aliphatic rings. The second-order valence-corrected chi connectivity index (χ2v) is 9.48. The number of methoxy groups -OCH3 is 3. The molecule has 0 bridgehead atoms. The highest BCUT2D eigenvalue weighted by Crippen LogP contribution is 2.44. The van der Waals surface area contributed by atoms with E-state index in [1.165, 1.54) is 25.7 Å². The van der Waals surface area contributed by atoms with Gasteiger partial charge in [-0.1, -0.05) is 48.0 Å². The first-order valence-electron chi connectivity index (χ1n) is 10.4. The van der Waals surface area contributed by atoms with Crippen molar-refractivity contribution in [2.75, 3.05) is 21.3 Å². The molecule has 0 fully saturated rings. The zero-order valence-electron chi connectivity index (χ0n) is 19.0. The molecule has 1 heterocycles. The number of aryl methyl sites for hydroxylation is 1. The molecule has 172 valence electrons. The standard InChI is InChI=1S/C25H26N2O5S/c1-17-9-8-10-18(13-17)21-16-22(19-14-23(30-2)25(32-4)24(15-19)31-3)27(26-21)33(28,29)20-11-6-5-7-12-20/h5-15,22H,16H2,1-4H3. The third-order valence-corrected chi connectivity index (χ3v) is 7.28. The van der Waals surface area contributed by atoms with Gasteiger partial charge in [0.1, 0.15) is 0 Å². The van der Waals surface area contributed by atoms with E-state index in [1.54, 1.807) is 42.5 Å². The van der Waals surface area contributed by atoms with Gasteiger partial charge in [0, 0.05) is 6.42 Å². The van der Waals surface area contributed by atoms with Crippen molar-refractivity contribution in [3.05, 3.63) is 83.4 Å². The minimum absolute atomic E-state index is 0.177. The molecule has 3 aromatic rings. The average Bonchev–Trinajstić information content (AvgIpc) is 3.30. The predicted molar refractivity (Wildman–Crippen MR) is 127 cm³/mol. The van der Waals surface area contributed by atoms with E-state index < -0.39 is 16.1 Å². The molecule has 0 spiro atoms. The van der Waals surface area contributed by atoms with Crippen molar-refractivity contribution >= 4 is 15.7 Å². The van der Waals surface area contributed by atoms with Crippen LogP contribution in [0.15, 0.2) is 76.7 Å². The minimum atomic E-state index is -3.91. The van der Waals surface area contributed by atoms with Crippen LogP contribution in [0.1, 0.15) is 29.2 Å². The summed E-state index contributed by atoms with van der Waals surface area (Å²) in [7, 11) is 0.681. The molecule has 3 aromatic carbocycles. The molecule has 1 unspecified atom stereocenters. The maximum Gasteiger partial charge on any atom is 0.279 e. The summed E-state index contributed by atoms with van der Waals surface area (Å²) in [6.07, 6.45) is 0.397. The van der Waals surface area contributed by atoms with E-state index in [0.717, 1.165) is 11.1 Å². The monoisotopic (exact) mass is 466 g/mol. The van der Waals surface area contributed by atoms with E-state index in [9.17, 15) is 8.42 Å². The van der Waals surface area contributed by atoms with Gasteiger partial charge in [-0.25, -0.2) is 0 Å². The summed E-state index contributed by atoms with van der Waals surface area (Å²) in [6, 6.07) is 19.2. The van der Waals surface area contributed by atoms with Crippen molar-refractivity contribution in [1.29, 1.82) is 0 Å². The molecular weight excluding hydrogens is 440 g/mol. The summed E-state index contributed by atoms with van der Waals surface area (Å²) in [6.45, 7) is 1.99. The number of rotatable bonds is 7. The Morgan fingerprint density at radius 2 is 1.55 bits per heavy atom. The molecule has 7 nitrogen and oxygen atoms in total. The number of nitrogens with zero attached hydrogens (tertiary/aromatic N) is 2. The fourth-order valence-corrected chi connectivity index (χ4v) is 5.41. The molecule has 0 aliphatic carbocycles. The van der Waals surface area contributed by atoms with Crippen LogP contribution >= 0.6 is 0 Å². The molecule has 4 rings (SSSR count). The molecule has 0 saturated carbocycles. The molecule has 0 radical (unpaired) electrons. The first-order valence-corrected chi connectivity index (χ1v) is 11.9. The molecule has 8 heteroatoms. The molecular formula is C25H26N2O5S. The van der Waals surface area contributed by atoms with Crippen molar-refractivity contribution in [3.63, 3.8) is 0 Å². The molecule has 1 aliphatic heterocycles. The zero-order chi connectivity index (χ0) is 23.6. The van der Waals surface area contributed by atoms with Gasteiger partial charge in [-0.2, -0.15) is 17.9 Å². The van der Waals surface area contributed by atoms with Crippen molar-refractivity contribution in [3.8, 4) is 17.2 Å². The van der Waals surface area contributed by atoms with E-state index in [-0.39, 0.29) is 4.90 Å². The first-order chi connectivity index (χ1) is 15.9. The van der Waals surface area contributed by atoms with Crippen LogP contribution in [0, 0.1) is 6.92 Å². The summed E-state index contributed by atoms with van der Waals surface area (Å²) in [5, 5.41) is 4.61. The smallest absolute Gasteiger partial charge is 0.279 e. The van der Waals surface area contributed by atoms with Gasteiger partial charge in [0.05, 0.1) is 38.0 Å². The number of hydrazone groups is 1. The molecule has 33 heavy (non-hydrogen) atoms. The van der Waals surface area contributed by atoms with Crippen molar-refractivity contribution in [2.24, 2.45) is 5.10 Å². The molecule has 0 saturated heterocycles. The zero-order valence-corrected chi connectivity index (χ0v) is 19.8. The largest absolute Gasteiger partial charge is 0.493 e. The Balaban J connectivity index is 1.86. The van der Waals surface area contributed by atoms with Gasteiger partial charge in [0.25, 0.3) is 10.0 Å². The van der Waals surface area contributed by atoms with Crippen LogP contribution in [-0.2, 0) is 10.0 Å². The number of hydrogen-bond acceptors (Lipinski definition) is 6. The maximum atomic E-state index is 13.6. The Bertz CT molecular complexity index is 1260. The summed E-state index contributed by atoms with van der Waals surface area (Å²) >= 11 is 0. The van der Waals surface area contributed by atoms with E-state index in [1.807, 2.05) is 31.2 Å². The lowest BCUT2D eigenvalue weighted by Crippen LogP contribution is -2.27. The molecule has 1 atom stereocenters. The third-order valence-electron chi connectivity index (χ3n) is 5.58. The van der Waals surface area contributed by atoms with Crippen LogP contribution in [0.4, 0.5) is 0 Å². The van der Waals surface area contributed by atoms with Crippen molar-refractivity contribution < 1.29 is 22.6 Å². The van der Waals surface area contributed by atoms with E-state index in [4.69, 9.17) is 14.2 Å². The SMILES string of the molecule is COc1cc(C2CC(c3cccc(C)c3)=NN2S(=O)(=O)c2ccccc2)cc(OC)c1OC. The fraction of sp³-hybridized carbons (Fsp3) is 0.240. The summed E-state index contributed by atoms with van der Waals surface area (Å²) < 4.78 is 44.9. The fourth-order valence-electron chi connectivity index (χ4n) is 3.95. The van der Waals surface area contributed by atoms with Crippen LogP contribution in [0.2, 0.25) is 0 Å². The molecule has 0 amide bonds. The van der Waals surface area contributed by atoms with E-state index in [0.29, 0.717) is 34.9 Å². The lowest BCUT2D eigenvalue weighted by molar-refractivity contribution is 0.319. The van der Waals surface area contributed by atoms with Crippen LogP contribution in [0.25, 0.3) is 0 Å². The number of benzene rings is 3. The van der Waals surface area contributed by atoms with Gasteiger partial charge in [-0.05, 0) is 42.3 Å². The normalized spacial score (nSPS) is 15.8. The van der Waals surface area contributed by atoms with Gasteiger partial charge < -0.3 is 14.2 Å². The summed E-state index contributed by atoms with van der Waals surface area (Å²) in [5.41, 5.74) is 3.34. The summed E-state index contributed by atoms with van der Waals surface area (Å²) in [5.74, 6) is 1.35. The topological polar surface area (TPSA) is 77.4 Å². The lowest BCUT2D eigenvalue weighted by atomic mass is 9.97. The maximum absolute atomic E-state index is 13.6. The van der Waals surface area contributed by atoms with Gasteiger partial charge in [-0.15, -0.1) is 0 Å². The van der Waals surface area contributed by atoms with E-state index in [2.05, 4.69) is 5.10 Å². The van der Waals surface area contributed by atoms with Crippen molar-refractivity contribution in [2.45, 2.75) is 24.3 Å².